The van der Waals surface area contributed by atoms with Crippen LogP contribution in [0.25, 0.3) is 0 Å². The van der Waals surface area contributed by atoms with Gasteiger partial charge in [0.25, 0.3) is 0 Å². The van der Waals surface area contributed by atoms with E-state index in [1.54, 1.807) is 18.5 Å². The molecule has 9 heteroatoms. The number of nitrogens with zero attached hydrogens (tertiary/aromatic N) is 3. The Bertz CT molecular complexity index is 1090. The molecule has 1 fully saturated rings. The number of anilines is 1. The minimum Gasteiger partial charge on any atom is -0.497 e. The molecule has 7 nitrogen and oxygen atoms in total. The summed E-state index contributed by atoms with van der Waals surface area (Å²) < 4.78 is 30.3. The van der Waals surface area contributed by atoms with E-state index in [2.05, 4.69) is 26.8 Å². The molecule has 188 valence electrons. The normalized spacial score (nSPS) is 15.8. The zero-order chi connectivity index (χ0) is 24.5. The van der Waals surface area contributed by atoms with Crippen LogP contribution in [-0.4, -0.2) is 40.9 Å². The average Bonchev–Trinajstić information content (AvgIpc) is 3.47. The van der Waals surface area contributed by atoms with Crippen molar-refractivity contribution in [1.82, 2.24) is 14.7 Å². The predicted molar refractivity (Wildman–Crippen MR) is 142 cm³/mol. The van der Waals surface area contributed by atoms with Crippen LogP contribution in [0.15, 0.2) is 47.6 Å². The van der Waals surface area contributed by atoms with E-state index in [0.717, 1.165) is 23.3 Å². The molecule has 1 N–H and O–H groups in total. The van der Waals surface area contributed by atoms with Crippen molar-refractivity contribution in [2.75, 3.05) is 31.6 Å². The Balaban J connectivity index is 0.000000421. The van der Waals surface area contributed by atoms with E-state index in [1.165, 1.54) is 74.2 Å². The molecule has 1 saturated heterocycles. The molecule has 5 rings (SSSR count). The Morgan fingerprint density at radius 3 is 2.40 bits per heavy atom. The molecule has 1 aromatic heterocycles. The summed E-state index contributed by atoms with van der Waals surface area (Å²) in [5.74, 6) is 1.39. The van der Waals surface area contributed by atoms with E-state index in [9.17, 15) is 4.21 Å². The van der Waals surface area contributed by atoms with E-state index >= 15 is 0 Å². The van der Waals surface area contributed by atoms with Gasteiger partial charge in [-0.1, -0.05) is 12.5 Å². The molecule has 2 aromatic carbocycles. The van der Waals surface area contributed by atoms with E-state index in [0.29, 0.717) is 23.2 Å². The lowest BCUT2D eigenvalue weighted by Crippen LogP contribution is -2.25. The van der Waals surface area contributed by atoms with Crippen LogP contribution in [0.2, 0.25) is 0 Å². The zero-order valence-electron chi connectivity index (χ0n) is 20.5. The van der Waals surface area contributed by atoms with Gasteiger partial charge in [-0.15, -0.1) is 0 Å². The fourth-order valence-electron chi connectivity index (χ4n) is 4.36. The highest BCUT2D eigenvalue weighted by atomic mass is 32.2. The summed E-state index contributed by atoms with van der Waals surface area (Å²) in [7, 11) is 1.83. The first kappa shape index (κ1) is 25.6. The first-order valence-electron chi connectivity index (χ1n) is 12.2. The van der Waals surface area contributed by atoms with Crippen LogP contribution in [0, 0.1) is 0 Å². The monoisotopic (exact) mass is 514 g/mol. The van der Waals surface area contributed by atoms with Crippen molar-refractivity contribution >= 4 is 27.6 Å². The molecular formula is C26H34N4O3S2. The van der Waals surface area contributed by atoms with Crippen molar-refractivity contribution in [3.05, 3.63) is 59.4 Å². The van der Waals surface area contributed by atoms with Gasteiger partial charge in [-0.05, 0) is 87.0 Å². The first-order chi connectivity index (χ1) is 17.2. The number of ether oxygens (including phenoxy) is 2. The average molecular weight is 515 g/mol. The van der Waals surface area contributed by atoms with Gasteiger partial charge in [0.2, 0.25) is 5.13 Å². The van der Waals surface area contributed by atoms with Crippen molar-refractivity contribution in [3.63, 3.8) is 0 Å². The summed E-state index contributed by atoms with van der Waals surface area (Å²) in [6.45, 7) is 2.88. The third kappa shape index (κ3) is 6.80. The third-order valence-electron chi connectivity index (χ3n) is 6.30. The highest BCUT2D eigenvalue weighted by Gasteiger charge is 2.23. The molecule has 0 bridgehead atoms. The fraction of sp³-hybridized carbons (Fsp3) is 0.462. The topological polar surface area (TPSA) is 76.6 Å². The lowest BCUT2D eigenvalue weighted by atomic mass is 9.92. The van der Waals surface area contributed by atoms with Crippen LogP contribution in [0.5, 0.6) is 11.5 Å². The van der Waals surface area contributed by atoms with Crippen LogP contribution in [0.3, 0.4) is 0 Å². The van der Waals surface area contributed by atoms with Gasteiger partial charge >= 0.3 is 0 Å². The van der Waals surface area contributed by atoms with Gasteiger partial charge in [0.1, 0.15) is 17.8 Å². The maximum absolute atomic E-state index is 13.6. The van der Waals surface area contributed by atoms with Gasteiger partial charge < -0.3 is 14.8 Å². The van der Waals surface area contributed by atoms with Gasteiger partial charge in [0, 0.05) is 23.2 Å². The Morgan fingerprint density at radius 2 is 1.77 bits per heavy atom. The number of benzene rings is 2. The summed E-state index contributed by atoms with van der Waals surface area (Å²) in [4.78, 5) is 5.10. The van der Waals surface area contributed by atoms with Crippen LogP contribution in [-0.2, 0) is 30.4 Å². The molecule has 0 radical (unpaired) electrons. The van der Waals surface area contributed by atoms with Crippen LogP contribution < -0.4 is 19.1 Å². The molecule has 3 aromatic rings. The van der Waals surface area contributed by atoms with Crippen molar-refractivity contribution in [2.45, 2.75) is 56.4 Å². The molecule has 35 heavy (non-hydrogen) atoms. The number of methoxy groups -OCH3 is 2. The zero-order valence-corrected chi connectivity index (χ0v) is 22.1. The SMILES string of the molecule is C1CCNCC1.COc1ccc(CN(c2ncns2)S(=O)c2ccc3c(c2)CCCC3)c(OC)c1. The molecule has 2 heterocycles. The molecule has 0 amide bonds. The van der Waals surface area contributed by atoms with Gasteiger partial charge in [-0.25, -0.2) is 9.19 Å². The van der Waals surface area contributed by atoms with E-state index in [-0.39, 0.29) is 0 Å². The minimum atomic E-state index is -1.41. The molecule has 1 unspecified atom stereocenters. The molecular weight excluding hydrogens is 480 g/mol. The second kappa shape index (κ2) is 13.0. The lowest BCUT2D eigenvalue weighted by Gasteiger charge is -2.23. The predicted octanol–water partition coefficient (Wildman–Crippen LogP) is 4.92. The number of hydrogen-bond acceptors (Lipinski definition) is 7. The Labute approximate surface area is 214 Å². The Morgan fingerprint density at radius 1 is 0.971 bits per heavy atom. The Kier molecular flexibility index (Phi) is 9.50. The second-order valence-electron chi connectivity index (χ2n) is 8.64. The molecule has 1 atom stereocenters. The highest BCUT2D eigenvalue weighted by Crippen LogP contribution is 2.31. The van der Waals surface area contributed by atoms with Crippen molar-refractivity contribution < 1.29 is 13.7 Å². The summed E-state index contributed by atoms with van der Waals surface area (Å²) >= 11 is 1.23. The summed E-state index contributed by atoms with van der Waals surface area (Å²) in [5.41, 5.74) is 3.58. The number of nitrogens with one attached hydrogen (secondary N) is 1. The van der Waals surface area contributed by atoms with Gasteiger partial charge in [-0.2, -0.15) is 4.37 Å². The minimum absolute atomic E-state index is 0.381. The van der Waals surface area contributed by atoms with Crippen molar-refractivity contribution in [2.24, 2.45) is 0 Å². The summed E-state index contributed by atoms with van der Waals surface area (Å²) in [6, 6.07) is 11.8. The van der Waals surface area contributed by atoms with Gasteiger partial charge in [-0.3, -0.25) is 4.31 Å². The smallest absolute Gasteiger partial charge is 0.217 e. The van der Waals surface area contributed by atoms with Gasteiger partial charge in [0.15, 0.2) is 11.0 Å². The lowest BCUT2D eigenvalue weighted by molar-refractivity contribution is 0.391. The van der Waals surface area contributed by atoms with Crippen molar-refractivity contribution in [3.8, 4) is 11.5 Å². The largest absolute Gasteiger partial charge is 0.497 e. The molecule has 1 aliphatic carbocycles. The maximum Gasteiger partial charge on any atom is 0.217 e. The number of piperidine rings is 1. The summed E-state index contributed by atoms with van der Waals surface area (Å²) in [6.07, 6.45) is 10.3. The maximum atomic E-state index is 13.6. The van der Waals surface area contributed by atoms with Crippen molar-refractivity contribution in [1.29, 1.82) is 0 Å². The summed E-state index contributed by atoms with van der Waals surface area (Å²) in [5, 5.41) is 3.89. The fourth-order valence-corrected chi connectivity index (χ4v) is 6.23. The first-order valence-corrected chi connectivity index (χ1v) is 14.1. The van der Waals surface area contributed by atoms with E-state index in [4.69, 9.17) is 9.47 Å². The number of hydrogen-bond donors (Lipinski definition) is 1. The Hall–Kier alpha value is -2.49. The third-order valence-corrected chi connectivity index (χ3v) is 8.46. The standard InChI is InChI=1S/C21H23N3O3S2.C5H11N/c1-26-18-9-7-17(20(12-18)27-2)13-24(21-22-14-23-28-21)29(25)19-10-8-15-5-3-4-6-16(15)11-19;1-2-4-6-5-3-1/h7-12,14H,3-6,13H2,1-2H3;6H,1-5H2. The van der Waals surface area contributed by atoms with E-state index in [1.807, 2.05) is 24.3 Å². The molecule has 0 spiro atoms. The number of fused-ring (bicyclic) bond motifs is 1. The van der Waals surface area contributed by atoms with Crippen LogP contribution >= 0.6 is 11.5 Å². The number of aryl methyl sites for hydroxylation is 2. The number of aromatic nitrogens is 2. The number of rotatable bonds is 7. The quantitative estimate of drug-likeness (QED) is 0.482. The molecule has 1 aliphatic heterocycles. The second-order valence-corrected chi connectivity index (χ2v) is 10.8. The van der Waals surface area contributed by atoms with Gasteiger partial charge in [0.05, 0.1) is 25.7 Å². The molecule has 0 saturated carbocycles. The highest BCUT2D eigenvalue weighted by molar-refractivity contribution is 7.86. The van der Waals surface area contributed by atoms with Crippen LogP contribution in [0.4, 0.5) is 5.13 Å². The molecule has 2 aliphatic rings. The van der Waals surface area contributed by atoms with E-state index < -0.39 is 11.0 Å². The van der Waals surface area contributed by atoms with Crippen LogP contribution in [0.1, 0.15) is 48.8 Å².